The first-order valence-corrected chi connectivity index (χ1v) is 7.00. The number of aliphatic hydroxyl groups excluding tert-OH is 1. The van der Waals surface area contributed by atoms with Crippen LogP contribution < -0.4 is 5.32 Å². The van der Waals surface area contributed by atoms with Crippen LogP contribution in [0.1, 0.15) is 26.2 Å². The second-order valence-corrected chi connectivity index (χ2v) is 5.32. The Balaban J connectivity index is 2.52. The van der Waals surface area contributed by atoms with Crippen molar-refractivity contribution < 1.29 is 5.11 Å². The minimum atomic E-state index is 0.238. The lowest BCUT2D eigenvalue weighted by Gasteiger charge is -2.16. The molecule has 96 valence electrons. The normalized spacial score (nSPS) is 12.5. The highest BCUT2D eigenvalue weighted by Gasteiger charge is 2.09. The molecule has 17 heavy (non-hydrogen) atoms. The van der Waals surface area contributed by atoms with E-state index in [1.807, 2.05) is 6.07 Å². The van der Waals surface area contributed by atoms with Crippen molar-refractivity contribution in [3.63, 3.8) is 0 Å². The number of aliphatic hydroxyl groups is 1. The maximum absolute atomic E-state index is 8.98. The van der Waals surface area contributed by atoms with E-state index in [0.29, 0.717) is 10.9 Å². The van der Waals surface area contributed by atoms with E-state index in [1.165, 1.54) is 0 Å². The maximum Gasteiger partial charge on any atom is 0.140 e. The van der Waals surface area contributed by atoms with Crippen molar-refractivity contribution in [3.8, 4) is 0 Å². The maximum atomic E-state index is 8.98. The lowest BCUT2D eigenvalue weighted by molar-refractivity contribution is 0.255. The molecule has 5 heteroatoms. The first-order chi connectivity index (χ1) is 8.17. The third-order valence-corrected chi connectivity index (χ3v) is 3.41. The van der Waals surface area contributed by atoms with Crippen LogP contribution in [0.5, 0.6) is 0 Å². The summed E-state index contributed by atoms with van der Waals surface area (Å²) < 4.78 is 0.865. The zero-order valence-corrected chi connectivity index (χ0v) is 12.3. The Morgan fingerprint density at radius 2 is 2.29 bits per heavy atom. The molecule has 0 fully saturated rings. The monoisotopic (exact) mass is 320 g/mol. The summed E-state index contributed by atoms with van der Waals surface area (Å²) in [7, 11) is 0. The van der Waals surface area contributed by atoms with Crippen LogP contribution >= 0.6 is 27.5 Å². The molecule has 0 bridgehead atoms. The van der Waals surface area contributed by atoms with E-state index in [4.69, 9.17) is 16.7 Å². The van der Waals surface area contributed by atoms with Gasteiger partial charge in [0.15, 0.2) is 0 Å². The molecule has 0 saturated heterocycles. The van der Waals surface area contributed by atoms with E-state index >= 15 is 0 Å². The molecule has 0 saturated carbocycles. The highest BCUT2D eigenvalue weighted by Crippen LogP contribution is 2.23. The number of nitrogens with zero attached hydrogens (tertiary/aromatic N) is 1. The number of halogens is 2. The number of pyridine rings is 1. The first kappa shape index (κ1) is 14.7. The molecule has 1 atom stereocenters. The van der Waals surface area contributed by atoms with Crippen molar-refractivity contribution >= 4 is 33.3 Å². The molecule has 0 aliphatic rings. The van der Waals surface area contributed by atoms with Crippen LogP contribution in [0.15, 0.2) is 16.7 Å². The zero-order chi connectivity index (χ0) is 12.7. The standard InChI is InChI=1S/C12H18BrClN2O/c1-2-3-9(4-5-17)7-15-12-11(13)6-10(14)8-16-12/h6,8-9,17H,2-5,7H2,1H3,(H,15,16). The Bertz CT molecular complexity index is 343. The van der Waals surface area contributed by atoms with Crippen LogP contribution in [0.25, 0.3) is 0 Å². The summed E-state index contributed by atoms with van der Waals surface area (Å²) in [6.45, 7) is 3.21. The SMILES string of the molecule is CCCC(CCO)CNc1ncc(Cl)cc1Br. The molecule has 0 aromatic carbocycles. The Hall–Kier alpha value is -0.320. The number of nitrogens with one attached hydrogen (secondary N) is 1. The molecule has 0 aliphatic carbocycles. The van der Waals surface area contributed by atoms with Gasteiger partial charge in [-0.1, -0.05) is 24.9 Å². The summed E-state index contributed by atoms with van der Waals surface area (Å²) in [6.07, 6.45) is 4.68. The predicted molar refractivity (Wildman–Crippen MR) is 75.5 cm³/mol. The van der Waals surface area contributed by atoms with Crippen molar-refractivity contribution in [1.82, 2.24) is 4.98 Å². The van der Waals surface area contributed by atoms with E-state index in [-0.39, 0.29) is 6.61 Å². The van der Waals surface area contributed by atoms with E-state index in [1.54, 1.807) is 6.20 Å². The molecule has 3 nitrogen and oxygen atoms in total. The molecule has 1 rings (SSSR count). The van der Waals surface area contributed by atoms with Crippen molar-refractivity contribution in [2.45, 2.75) is 26.2 Å². The van der Waals surface area contributed by atoms with Gasteiger partial charge in [-0.2, -0.15) is 0 Å². The van der Waals surface area contributed by atoms with Crippen molar-refractivity contribution in [3.05, 3.63) is 21.8 Å². The van der Waals surface area contributed by atoms with E-state index < -0.39 is 0 Å². The van der Waals surface area contributed by atoms with Gasteiger partial charge in [0.25, 0.3) is 0 Å². The molecule has 0 amide bonds. The fraction of sp³-hybridized carbons (Fsp3) is 0.583. The summed E-state index contributed by atoms with van der Waals surface area (Å²) in [5.74, 6) is 1.28. The van der Waals surface area contributed by atoms with Gasteiger partial charge >= 0.3 is 0 Å². The third-order valence-electron chi connectivity index (χ3n) is 2.60. The Kier molecular flexibility index (Phi) is 6.85. The summed E-state index contributed by atoms with van der Waals surface area (Å²) in [5, 5.41) is 12.9. The minimum Gasteiger partial charge on any atom is -0.396 e. The number of rotatable bonds is 7. The molecule has 0 radical (unpaired) electrons. The van der Waals surface area contributed by atoms with Crippen LogP contribution in [0.3, 0.4) is 0 Å². The van der Waals surface area contributed by atoms with Crippen LogP contribution in [-0.4, -0.2) is 23.2 Å². The predicted octanol–water partition coefficient (Wildman–Crippen LogP) is 3.71. The fourth-order valence-corrected chi connectivity index (χ4v) is 2.50. The summed E-state index contributed by atoms with van der Waals surface area (Å²) >= 11 is 9.24. The fourth-order valence-electron chi connectivity index (χ4n) is 1.72. The van der Waals surface area contributed by atoms with E-state index in [9.17, 15) is 0 Å². The largest absolute Gasteiger partial charge is 0.396 e. The Labute approximate surface area is 116 Å². The van der Waals surface area contributed by atoms with E-state index in [0.717, 1.165) is 36.1 Å². The number of anilines is 1. The van der Waals surface area contributed by atoms with Gasteiger partial charge in [0.2, 0.25) is 0 Å². The molecular weight excluding hydrogens is 304 g/mol. The lowest BCUT2D eigenvalue weighted by Crippen LogP contribution is -2.16. The average Bonchev–Trinajstić information content (AvgIpc) is 2.28. The third kappa shape index (κ3) is 5.23. The van der Waals surface area contributed by atoms with Gasteiger partial charge in [0, 0.05) is 19.3 Å². The topological polar surface area (TPSA) is 45.1 Å². The van der Waals surface area contributed by atoms with Gasteiger partial charge in [-0.05, 0) is 40.8 Å². The minimum absolute atomic E-state index is 0.238. The van der Waals surface area contributed by atoms with Crippen LogP contribution in [0.2, 0.25) is 5.02 Å². The number of aromatic nitrogens is 1. The van der Waals surface area contributed by atoms with Crippen LogP contribution in [0, 0.1) is 5.92 Å². The van der Waals surface area contributed by atoms with Gasteiger partial charge in [0.05, 0.1) is 9.50 Å². The molecule has 1 heterocycles. The molecule has 0 aliphatic heterocycles. The van der Waals surface area contributed by atoms with Gasteiger partial charge < -0.3 is 10.4 Å². The van der Waals surface area contributed by atoms with Gasteiger partial charge in [-0.25, -0.2) is 4.98 Å². The van der Waals surface area contributed by atoms with Crippen molar-refractivity contribution in [2.24, 2.45) is 5.92 Å². The van der Waals surface area contributed by atoms with Crippen molar-refractivity contribution in [1.29, 1.82) is 0 Å². The summed E-state index contributed by atoms with van der Waals surface area (Å²) in [4.78, 5) is 4.22. The number of hydrogen-bond acceptors (Lipinski definition) is 3. The Morgan fingerprint density at radius 3 is 2.88 bits per heavy atom. The van der Waals surface area contributed by atoms with Crippen LogP contribution in [0.4, 0.5) is 5.82 Å². The average molecular weight is 322 g/mol. The van der Waals surface area contributed by atoms with Crippen LogP contribution in [-0.2, 0) is 0 Å². The van der Waals surface area contributed by atoms with Crippen molar-refractivity contribution in [2.75, 3.05) is 18.5 Å². The molecular formula is C12H18BrClN2O. The highest BCUT2D eigenvalue weighted by molar-refractivity contribution is 9.10. The second kappa shape index (κ2) is 7.90. The molecule has 1 unspecified atom stereocenters. The van der Waals surface area contributed by atoms with E-state index in [2.05, 4.69) is 33.2 Å². The molecule has 1 aromatic heterocycles. The molecule has 2 N–H and O–H groups in total. The first-order valence-electron chi connectivity index (χ1n) is 5.83. The zero-order valence-electron chi connectivity index (χ0n) is 9.92. The van der Waals surface area contributed by atoms with Gasteiger partial charge in [-0.15, -0.1) is 0 Å². The second-order valence-electron chi connectivity index (χ2n) is 4.03. The summed E-state index contributed by atoms with van der Waals surface area (Å²) in [5.41, 5.74) is 0. The number of hydrogen-bond donors (Lipinski definition) is 2. The summed E-state index contributed by atoms with van der Waals surface area (Å²) in [6, 6.07) is 1.82. The molecule has 0 spiro atoms. The Morgan fingerprint density at radius 1 is 1.53 bits per heavy atom. The quantitative estimate of drug-likeness (QED) is 0.804. The highest BCUT2D eigenvalue weighted by atomic mass is 79.9. The molecule has 1 aromatic rings. The smallest absolute Gasteiger partial charge is 0.140 e. The lowest BCUT2D eigenvalue weighted by atomic mass is 10.0. The van der Waals surface area contributed by atoms with Gasteiger partial charge in [0.1, 0.15) is 5.82 Å². The van der Waals surface area contributed by atoms with Gasteiger partial charge in [-0.3, -0.25) is 0 Å².